The molecule has 0 bridgehead atoms. The van der Waals surface area contributed by atoms with Crippen molar-refractivity contribution in [1.29, 1.82) is 0 Å². The lowest BCUT2D eigenvalue weighted by molar-refractivity contribution is 0.102. The molecule has 0 aromatic carbocycles. The predicted octanol–water partition coefficient (Wildman–Crippen LogP) is 3.54. The fourth-order valence-electron chi connectivity index (χ4n) is 3.33. The Labute approximate surface area is 193 Å². The molecule has 1 aliphatic rings. The first-order valence-electron chi connectivity index (χ1n) is 10.8. The molecule has 1 fully saturated rings. The van der Waals surface area contributed by atoms with E-state index < -0.39 is 30.6 Å². The lowest BCUT2D eigenvalue weighted by Gasteiger charge is -2.36. The van der Waals surface area contributed by atoms with Gasteiger partial charge in [-0.2, -0.15) is 8.42 Å². The van der Waals surface area contributed by atoms with Crippen molar-refractivity contribution in [2.24, 2.45) is 0 Å². The average Bonchev–Trinajstić information content (AvgIpc) is 3.26. The van der Waals surface area contributed by atoms with Gasteiger partial charge in [0.1, 0.15) is 12.4 Å². The molecule has 2 atom stereocenters. The zero-order chi connectivity index (χ0) is 24.2. The van der Waals surface area contributed by atoms with Crippen molar-refractivity contribution in [2.75, 3.05) is 19.4 Å². The van der Waals surface area contributed by atoms with Gasteiger partial charge < -0.3 is 18.6 Å². The highest BCUT2D eigenvalue weighted by Gasteiger charge is 2.39. The maximum Gasteiger partial charge on any atom is 0.410 e. The summed E-state index contributed by atoms with van der Waals surface area (Å²) in [6.07, 6.45) is 6.08. The van der Waals surface area contributed by atoms with Crippen molar-refractivity contribution in [3.8, 4) is 0 Å². The number of hydrogen-bond donors (Lipinski definition) is 0. The number of aromatic nitrogens is 2. The van der Waals surface area contributed by atoms with Crippen LogP contribution < -0.4 is 0 Å². The highest BCUT2D eigenvalue weighted by atomic mass is 32.2. The standard InChI is InChI=1S/C21H37N3O6SSi/c1-8-13-28-20(25)24-15-18(30-31(5,26)27)14-17(24)9-11-23-12-10-22-19(23)16-29-32(6,7)21(2,3)4/h8,10,12,17-18H,1,9,11,13-16H2,2-7H3/t17-,18-/m1/s1. The summed E-state index contributed by atoms with van der Waals surface area (Å²) in [4.78, 5) is 18.5. The number of nitrogens with zero attached hydrogens (tertiary/aromatic N) is 3. The second-order valence-corrected chi connectivity index (χ2v) is 16.1. The molecule has 0 radical (unpaired) electrons. The van der Waals surface area contributed by atoms with Gasteiger partial charge in [0.2, 0.25) is 0 Å². The van der Waals surface area contributed by atoms with Crippen LogP contribution in [0.4, 0.5) is 4.79 Å². The molecule has 2 heterocycles. The van der Waals surface area contributed by atoms with Gasteiger partial charge in [0.25, 0.3) is 10.1 Å². The lowest BCUT2D eigenvalue weighted by Crippen LogP contribution is -2.40. The maximum atomic E-state index is 12.5. The zero-order valence-electron chi connectivity index (χ0n) is 20.0. The number of rotatable bonds is 10. The summed E-state index contributed by atoms with van der Waals surface area (Å²) in [5, 5.41) is 0.106. The van der Waals surface area contributed by atoms with Gasteiger partial charge in [-0.1, -0.05) is 33.4 Å². The Morgan fingerprint density at radius 2 is 2.06 bits per heavy atom. The Kier molecular flexibility index (Phi) is 8.71. The maximum absolute atomic E-state index is 12.5. The van der Waals surface area contributed by atoms with Crippen molar-refractivity contribution in [2.45, 2.75) is 77.0 Å². The second kappa shape index (κ2) is 10.5. The summed E-state index contributed by atoms with van der Waals surface area (Å²) >= 11 is 0. The van der Waals surface area contributed by atoms with Gasteiger partial charge >= 0.3 is 6.09 Å². The second-order valence-electron chi connectivity index (χ2n) is 9.70. The molecule has 0 N–H and O–H groups in total. The zero-order valence-corrected chi connectivity index (χ0v) is 21.9. The Morgan fingerprint density at radius 1 is 1.38 bits per heavy atom. The summed E-state index contributed by atoms with van der Waals surface area (Å²) < 4.78 is 41.8. The van der Waals surface area contributed by atoms with Crippen molar-refractivity contribution in [3.63, 3.8) is 0 Å². The quantitative estimate of drug-likeness (QED) is 0.283. The Hall–Kier alpha value is -1.69. The molecule has 1 saturated heterocycles. The van der Waals surface area contributed by atoms with Crippen LogP contribution in [0.15, 0.2) is 25.0 Å². The number of aryl methyl sites for hydroxylation is 1. The third-order valence-corrected chi connectivity index (χ3v) is 11.2. The first kappa shape index (κ1) is 26.6. The molecule has 11 heteroatoms. The molecule has 0 spiro atoms. The van der Waals surface area contributed by atoms with E-state index in [1.807, 2.05) is 10.8 Å². The number of carbonyl (C=O) groups is 1. The van der Waals surface area contributed by atoms with Gasteiger partial charge in [-0.05, 0) is 31.0 Å². The minimum absolute atomic E-state index is 0.0934. The molecular weight excluding hydrogens is 450 g/mol. The Morgan fingerprint density at radius 3 is 2.66 bits per heavy atom. The smallest absolute Gasteiger partial charge is 0.410 e. The minimum Gasteiger partial charge on any atom is -0.445 e. The van der Waals surface area contributed by atoms with E-state index >= 15 is 0 Å². The largest absolute Gasteiger partial charge is 0.445 e. The molecule has 32 heavy (non-hydrogen) atoms. The molecular formula is C21H37N3O6SSi. The molecule has 1 aromatic rings. The number of carbonyl (C=O) groups excluding carboxylic acids is 1. The summed E-state index contributed by atoms with van der Waals surface area (Å²) in [7, 11) is -5.53. The van der Waals surface area contributed by atoms with E-state index in [2.05, 4.69) is 45.4 Å². The highest BCUT2D eigenvalue weighted by molar-refractivity contribution is 7.86. The number of imidazole rings is 1. The summed E-state index contributed by atoms with van der Waals surface area (Å²) in [6, 6.07) is -0.212. The van der Waals surface area contributed by atoms with Crippen LogP contribution in [0.5, 0.6) is 0 Å². The Balaban J connectivity index is 2.04. The van der Waals surface area contributed by atoms with Gasteiger partial charge in [0.05, 0.1) is 25.5 Å². The molecule has 9 nitrogen and oxygen atoms in total. The average molecular weight is 488 g/mol. The van der Waals surface area contributed by atoms with Crippen LogP contribution in [-0.2, 0) is 36.6 Å². The van der Waals surface area contributed by atoms with Crippen LogP contribution in [0, 0.1) is 0 Å². The SMILES string of the molecule is C=CCOC(=O)N1C[C@H](OS(C)(=O)=O)C[C@H]1CCn1ccnc1CO[Si](C)(C)C(C)(C)C. The van der Waals surface area contributed by atoms with Gasteiger partial charge in [0.15, 0.2) is 8.32 Å². The van der Waals surface area contributed by atoms with Crippen LogP contribution in [0.3, 0.4) is 0 Å². The van der Waals surface area contributed by atoms with E-state index in [0.717, 1.165) is 12.1 Å². The topological polar surface area (TPSA) is 100.0 Å². The highest BCUT2D eigenvalue weighted by Crippen LogP contribution is 2.37. The molecule has 1 amide bonds. The fourth-order valence-corrected chi connectivity index (χ4v) is 4.89. The summed E-state index contributed by atoms with van der Waals surface area (Å²) in [5.74, 6) is 0.831. The Bertz CT molecular complexity index is 894. The first-order valence-corrected chi connectivity index (χ1v) is 15.5. The number of hydrogen-bond acceptors (Lipinski definition) is 7. The van der Waals surface area contributed by atoms with Gasteiger partial charge in [-0.15, -0.1) is 0 Å². The van der Waals surface area contributed by atoms with Crippen molar-refractivity contribution in [1.82, 2.24) is 14.5 Å². The summed E-state index contributed by atoms with van der Waals surface area (Å²) in [6.45, 7) is 15.8. The van der Waals surface area contributed by atoms with Crippen molar-refractivity contribution in [3.05, 3.63) is 30.9 Å². The van der Waals surface area contributed by atoms with Crippen molar-refractivity contribution >= 4 is 24.5 Å². The summed E-state index contributed by atoms with van der Waals surface area (Å²) in [5.41, 5.74) is 0. The fraction of sp³-hybridized carbons (Fsp3) is 0.714. The van der Waals surface area contributed by atoms with Crippen molar-refractivity contribution < 1.29 is 26.6 Å². The molecule has 2 rings (SSSR count). The van der Waals surface area contributed by atoms with Crippen LogP contribution in [0.25, 0.3) is 0 Å². The number of ether oxygens (including phenoxy) is 1. The van der Waals surface area contributed by atoms with E-state index in [4.69, 9.17) is 13.3 Å². The number of amides is 1. The van der Waals surface area contributed by atoms with Crippen LogP contribution in [-0.4, -0.2) is 68.8 Å². The van der Waals surface area contributed by atoms with E-state index in [-0.39, 0.29) is 24.2 Å². The molecule has 0 aliphatic carbocycles. The predicted molar refractivity (Wildman–Crippen MR) is 125 cm³/mol. The first-order chi connectivity index (χ1) is 14.7. The van der Waals surface area contributed by atoms with E-state index in [9.17, 15) is 13.2 Å². The molecule has 182 valence electrons. The van der Waals surface area contributed by atoms with E-state index in [1.165, 1.54) is 6.08 Å². The van der Waals surface area contributed by atoms with Gasteiger partial charge in [0, 0.05) is 25.0 Å². The molecule has 0 saturated carbocycles. The van der Waals surface area contributed by atoms with Crippen LogP contribution in [0.1, 0.15) is 39.4 Å². The van der Waals surface area contributed by atoms with Crippen LogP contribution >= 0.6 is 0 Å². The van der Waals surface area contributed by atoms with E-state index in [0.29, 0.717) is 26.0 Å². The monoisotopic (exact) mass is 487 g/mol. The van der Waals surface area contributed by atoms with Gasteiger partial charge in [-0.3, -0.25) is 4.18 Å². The number of likely N-dealkylation sites (tertiary alicyclic amines) is 1. The lowest BCUT2D eigenvalue weighted by atomic mass is 10.1. The minimum atomic E-state index is -3.62. The van der Waals surface area contributed by atoms with E-state index in [1.54, 1.807) is 11.1 Å². The normalized spacial score (nSPS) is 19.9. The van der Waals surface area contributed by atoms with Crippen LogP contribution in [0.2, 0.25) is 18.1 Å². The third kappa shape index (κ3) is 7.43. The molecule has 0 unspecified atom stereocenters. The molecule has 1 aromatic heterocycles. The van der Waals surface area contributed by atoms with Gasteiger partial charge in [-0.25, -0.2) is 9.78 Å². The molecule has 1 aliphatic heterocycles. The third-order valence-electron chi connectivity index (χ3n) is 6.12.